The zero-order valence-corrected chi connectivity index (χ0v) is 12.3. The lowest BCUT2D eigenvalue weighted by Gasteiger charge is -2.60. The summed E-state index contributed by atoms with van der Waals surface area (Å²) in [6, 6.07) is 9.25. The first-order chi connectivity index (χ1) is 9.10. The predicted molar refractivity (Wildman–Crippen MR) is 78.1 cm³/mol. The number of hydrogen-bond acceptors (Lipinski definition) is 2. The number of ether oxygens (including phenoxy) is 1. The number of fused-ring (bicyclic) bond motifs is 1. The van der Waals surface area contributed by atoms with Crippen molar-refractivity contribution < 1.29 is 4.74 Å². The highest BCUT2D eigenvalue weighted by molar-refractivity contribution is 5.25. The minimum atomic E-state index is 0.272. The van der Waals surface area contributed by atoms with E-state index in [0.29, 0.717) is 18.1 Å². The Bertz CT molecular complexity index is 454. The average molecular weight is 259 g/mol. The molecule has 3 atom stereocenters. The van der Waals surface area contributed by atoms with Crippen molar-refractivity contribution in [2.75, 3.05) is 6.61 Å². The van der Waals surface area contributed by atoms with Gasteiger partial charge in [0, 0.05) is 30.5 Å². The quantitative estimate of drug-likeness (QED) is 0.899. The standard InChI is InChI=1S/C17H25NO/c1-12-7-4-5-8-13(12)11-18-15-14-9-6-10-19-16(14)17(15,2)3/h4-5,7-8,14-16,18H,6,9-11H2,1-3H3. The van der Waals surface area contributed by atoms with Gasteiger partial charge in [-0.05, 0) is 30.9 Å². The van der Waals surface area contributed by atoms with Crippen LogP contribution in [-0.4, -0.2) is 18.8 Å². The number of rotatable bonds is 3. The van der Waals surface area contributed by atoms with Gasteiger partial charge >= 0.3 is 0 Å². The summed E-state index contributed by atoms with van der Waals surface area (Å²) in [4.78, 5) is 0. The molecule has 2 aliphatic rings. The Hall–Kier alpha value is -0.860. The number of aryl methyl sites for hydroxylation is 1. The van der Waals surface area contributed by atoms with E-state index in [4.69, 9.17) is 4.74 Å². The molecule has 0 bridgehead atoms. The topological polar surface area (TPSA) is 21.3 Å². The van der Waals surface area contributed by atoms with Gasteiger partial charge in [-0.1, -0.05) is 38.1 Å². The van der Waals surface area contributed by atoms with Gasteiger partial charge in [0.1, 0.15) is 0 Å². The van der Waals surface area contributed by atoms with Crippen molar-refractivity contribution in [3.8, 4) is 0 Å². The normalized spacial score (nSPS) is 32.5. The molecule has 1 aliphatic heterocycles. The molecular weight excluding hydrogens is 234 g/mol. The van der Waals surface area contributed by atoms with Gasteiger partial charge in [0.2, 0.25) is 0 Å². The molecule has 0 aromatic heterocycles. The summed E-state index contributed by atoms with van der Waals surface area (Å²) in [5.41, 5.74) is 3.07. The van der Waals surface area contributed by atoms with Crippen molar-refractivity contribution in [1.82, 2.24) is 5.32 Å². The van der Waals surface area contributed by atoms with Crippen molar-refractivity contribution in [1.29, 1.82) is 0 Å². The predicted octanol–water partition coefficient (Wildman–Crippen LogP) is 3.29. The third kappa shape index (κ3) is 2.21. The van der Waals surface area contributed by atoms with Gasteiger partial charge < -0.3 is 10.1 Å². The van der Waals surface area contributed by atoms with Gasteiger partial charge in [-0.2, -0.15) is 0 Å². The molecule has 2 heteroatoms. The average Bonchev–Trinajstić information content (AvgIpc) is 2.41. The Balaban J connectivity index is 1.65. The van der Waals surface area contributed by atoms with E-state index in [-0.39, 0.29) is 5.41 Å². The van der Waals surface area contributed by atoms with Crippen molar-refractivity contribution in [2.24, 2.45) is 11.3 Å². The van der Waals surface area contributed by atoms with Crippen LogP contribution >= 0.6 is 0 Å². The molecule has 1 N–H and O–H groups in total. The first-order valence-corrected chi connectivity index (χ1v) is 7.50. The molecule has 1 saturated carbocycles. The summed E-state index contributed by atoms with van der Waals surface area (Å²) in [5, 5.41) is 3.79. The van der Waals surface area contributed by atoms with Gasteiger partial charge in [0.25, 0.3) is 0 Å². The molecule has 0 spiro atoms. The molecule has 3 rings (SSSR count). The SMILES string of the molecule is Cc1ccccc1CNC1C2CCCOC2C1(C)C. The van der Waals surface area contributed by atoms with Crippen molar-refractivity contribution in [3.63, 3.8) is 0 Å². The van der Waals surface area contributed by atoms with Gasteiger partial charge in [0.05, 0.1) is 6.10 Å². The molecule has 0 radical (unpaired) electrons. The summed E-state index contributed by atoms with van der Waals surface area (Å²) in [5.74, 6) is 0.716. The van der Waals surface area contributed by atoms with Crippen LogP contribution in [0.25, 0.3) is 0 Å². The van der Waals surface area contributed by atoms with Crippen LogP contribution < -0.4 is 5.32 Å². The zero-order chi connectivity index (χ0) is 13.5. The zero-order valence-electron chi connectivity index (χ0n) is 12.3. The van der Waals surface area contributed by atoms with Gasteiger partial charge in [-0.25, -0.2) is 0 Å². The number of benzene rings is 1. The molecule has 19 heavy (non-hydrogen) atoms. The lowest BCUT2D eigenvalue weighted by Crippen LogP contribution is -2.69. The van der Waals surface area contributed by atoms with Crippen LogP contribution in [0.1, 0.15) is 37.8 Å². The third-order valence-corrected chi connectivity index (χ3v) is 5.10. The number of nitrogens with one attached hydrogen (secondary N) is 1. The molecule has 1 heterocycles. The lowest BCUT2D eigenvalue weighted by molar-refractivity contribution is -0.192. The minimum Gasteiger partial charge on any atom is -0.377 e. The second kappa shape index (κ2) is 4.92. The molecule has 104 valence electrons. The van der Waals surface area contributed by atoms with Gasteiger partial charge in [-0.3, -0.25) is 0 Å². The summed E-state index contributed by atoms with van der Waals surface area (Å²) in [6.45, 7) is 8.80. The Morgan fingerprint density at radius 1 is 1.32 bits per heavy atom. The molecule has 3 unspecified atom stereocenters. The first kappa shape index (κ1) is 13.1. The summed E-state index contributed by atoms with van der Waals surface area (Å²) < 4.78 is 5.96. The maximum atomic E-state index is 5.96. The van der Waals surface area contributed by atoms with E-state index < -0.39 is 0 Å². The van der Waals surface area contributed by atoms with Crippen LogP contribution in [0.2, 0.25) is 0 Å². The molecule has 2 nitrogen and oxygen atoms in total. The van der Waals surface area contributed by atoms with Crippen LogP contribution in [-0.2, 0) is 11.3 Å². The Labute approximate surface area is 116 Å². The molecule has 1 aliphatic carbocycles. The summed E-state index contributed by atoms with van der Waals surface area (Å²) in [6.07, 6.45) is 3.01. The van der Waals surface area contributed by atoms with E-state index in [9.17, 15) is 0 Å². The second-order valence-corrected chi connectivity index (χ2v) is 6.70. The molecule has 1 saturated heterocycles. The molecule has 2 fully saturated rings. The third-order valence-electron chi connectivity index (χ3n) is 5.10. The Kier molecular flexibility index (Phi) is 3.40. The molecule has 0 amide bonds. The fraction of sp³-hybridized carbons (Fsp3) is 0.647. The second-order valence-electron chi connectivity index (χ2n) is 6.70. The fourth-order valence-electron chi connectivity index (χ4n) is 3.97. The molecular formula is C17H25NO. The van der Waals surface area contributed by atoms with Crippen LogP contribution in [0.5, 0.6) is 0 Å². The maximum absolute atomic E-state index is 5.96. The van der Waals surface area contributed by atoms with E-state index in [0.717, 1.165) is 13.2 Å². The molecule has 1 aromatic carbocycles. The largest absolute Gasteiger partial charge is 0.377 e. The van der Waals surface area contributed by atoms with Crippen LogP contribution in [0, 0.1) is 18.3 Å². The highest BCUT2D eigenvalue weighted by Crippen LogP contribution is 2.51. The Morgan fingerprint density at radius 3 is 2.89 bits per heavy atom. The molecule has 1 aromatic rings. The number of hydrogen-bond donors (Lipinski definition) is 1. The fourth-order valence-corrected chi connectivity index (χ4v) is 3.97. The van der Waals surface area contributed by atoms with E-state index in [2.05, 4.69) is 50.4 Å². The summed E-state index contributed by atoms with van der Waals surface area (Å²) in [7, 11) is 0. The van der Waals surface area contributed by atoms with E-state index in [1.165, 1.54) is 24.0 Å². The van der Waals surface area contributed by atoms with Gasteiger partial charge in [0.15, 0.2) is 0 Å². The van der Waals surface area contributed by atoms with Crippen molar-refractivity contribution in [2.45, 2.75) is 52.3 Å². The van der Waals surface area contributed by atoms with Gasteiger partial charge in [-0.15, -0.1) is 0 Å². The van der Waals surface area contributed by atoms with Crippen molar-refractivity contribution >= 4 is 0 Å². The van der Waals surface area contributed by atoms with Crippen LogP contribution in [0.4, 0.5) is 0 Å². The van der Waals surface area contributed by atoms with Crippen LogP contribution in [0.3, 0.4) is 0 Å². The van der Waals surface area contributed by atoms with E-state index in [1.807, 2.05) is 0 Å². The smallest absolute Gasteiger partial charge is 0.0684 e. The van der Waals surface area contributed by atoms with Crippen LogP contribution in [0.15, 0.2) is 24.3 Å². The van der Waals surface area contributed by atoms with E-state index >= 15 is 0 Å². The Morgan fingerprint density at radius 2 is 2.11 bits per heavy atom. The highest BCUT2D eigenvalue weighted by atomic mass is 16.5. The lowest BCUT2D eigenvalue weighted by atomic mass is 9.55. The minimum absolute atomic E-state index is 0.272. The van der Waals surface area contributed by atoms with E-state index in [1.54, 1.807) is 0 Å². The first-order valence-electron chi connectivity index (χ1n) is 7.50. The maximum Gasteiger partial charge on any atom is 0.0684 e. The van der Waals surface area contributed by atoms with Crippen molar-refractivity contribution in [3.05, 3.63) is 35.4 Å². The highest BCUT2D eigenvalue weighted by Gasteiger charge is 2.57. The monoisotopic (exact) mass is 259 g/mol. The summed E-state index contributed by atoms with van der Waals surface area (Å²) >= 11 is 0.